The molecule has 2 rings (SSSR count). The predicted octanol–water partition coefficient (Wildman–Crippen LogP) is 3.20. The molecule has 0 unspecified atom stereocenters. The van der Waals surface area contributed by atoms with Gasteiger partial charge >= 0.3 is 0 Å². The molecule has 2 aromatic heterocycles. The maximum Gasteiger partial charge on any atom is 0.207 e. The van der Waals surface area contributed by atoms with E-state index in [-0.39, 0.29) is 0 Å². The number of hydrogen-bond acceptors (Lipinski definition) is 6. The minimum absolute atomic E-state index is 0.470. The van der Waals surface area contributed by atoms with Gasteiger partial charge in [0.25, 0.3) is 0 Å². The van der Waals surface area contributed by atoms with Crippen molar-refractivity contribution in [2.24, 2.45) is 0 Å². The maximum absolute atomic E-state index is 5.72. The lowest BCUT2D eigenvalue weighted by Crippen LogP contribution is -1.98. The van der Waals surface area contributed by atoms with Gasteiger partial charge in [-0.2, -0.15) is 0 Å². The van der Waals surface area contributed by atoms with E-state index in [4.69, 9.17) is 11.6 Å². The molecule has 0 amide bonds. The SMILES string of the molecule is Cc1nc(SCc2nnc(Cl)s2)nc(C)c1C. The number of rotatable bonds is 3. The van der Waals surface area contributed by atoms with Crippen LogP contribution >= 0.6 is 34.7 Å². The minimum Gasteiger partial charge on any atom is -0.228 e. The van der Waals surface area contributed by atoms with Crippen molar-refractivity contribution in [3.05, 3.63) is 26.4 Å². The molecule has 0 N–H and O–H groups in total. The van der Waals surface area contributed by atoms with Crippen LogP contribution in [0.4, 0.5) is 0 Å². The van der Waals surface area contributed by atoms with E-state index in [0.29, 0.717) is 10.2 Å². The van der Waals surface area contributed by atoms with Crippen molar-refractivity contribution in [2.75, 3.05) is 0 Å². The van der Waals surface area contributed by atoms with Gasteiger partial charge in [0.15, 0.2) is 5.16 Å². The van der Waals surface area contributed by atoms with Crippen LogP contribution in [0.5, 0.6) is 0 Å². The van der Waals surface area contributed by atoms with Crippen LogP contribution in [-0.4, -0.2) is 20.2 Å². The summed E-state index contributed by atoms with van der Waals surface area (Å²) in [5, 5.41) is 9.37. The summed E-state index contributed by atoms with van der Waals surface area (Å²) in [4.78, 5) is 8.86. The standard InChI is InChI=1S/C10H11ClN4S2/c1-5-6(2)12-10(13-7(5)3)16-4-8-14-15-9(11)17-8/h4H2,1-3H3. The Bertz CT molecular complexity index is 518. The zero-order valence-electron chi connectivity index (χ0n) is 9.69. The van der Waals surface area contributed by atoms with Crippen LogP contribution in [0.15, 0.2) is 5.16 Å². The molecule has 0 bridgehead atoms. The van der Waals surface area contributed by atoms with Crippen LogP contribution in [0.1, 0.15) is 22.0 Å². The Balaban J connectivity index is 2.09. The van der Waals surface area contributed by atoms with Crippen molar-refractivity contribution in [1.82, 2.24) is 20.2 Å². The summed E-state index contributed by atoms with van der Waals surface area (Å²) in [6, 6.07) is 0. The fourth-order valence-electron chi connectivity index (χ4n) is 1.22. The van der Waals surface area contributed by atoms with Gasteiger partial charge in [0.2, 0.25) is 4.47 Å². The molecule has 0 fully saturated rings. The summed E-state index contributed by atoms with van der Waals surface area (Å²) in [6.07, 6.45) is 0. The van der Waals surface area contributed by atoms with E-state index in [1.807, 2.05) is 20.8 Å². The number of halogens is 1. The highest BCUT2D eigenvalue weighted by molar-refractivity contribution is 7.98. The Morgan fingerprint density at radius 2 is 1.76 bits per heavy atom. The number of thioether (sulfide) groups is 1. The first kappa shape index (κ1) is 12.7. The van der Waals surface area contributed by atoms with Crippen molar-refractivity contribution in [3.8, 4) is 0 Å². The van der Waals surface area contributed by atoms with E-state index >= 15 is 0 Å². The zero-order valence-corrected chi connectivity index (χ0v) is 12.1. The number of hydrogen-bond donors (Lipinski definition) is 0. The molecule has 0 saturated carbocycles. The minimum atomic E-state index is 0.470. The van der Waals surface area contributed by atoms with Gasteiger partial charge in [-0.1, -0.05) is 23.1 Å². The third-order valence-corrected chi connectivity index (χ3v) is 4.44. The first-order valence-electron chi connectivity index (χ1n) is 4.99. The summed E-state index contributed by atoms with van der Waals surface area (Å²) < 4.78 is 0.470. The lowest BCUT2D eigenvalue weighted by Gasteiger charge is -2.05. The van der Waals surface area contributed by atoms with Gasteiger partial charge in [0, 0.05) is 11.4 Å². The van der Waals surface area contributed by atoms with Crippen LogP contribution in [0, 0.1) is 20.8 Å². The molecule has 4 nitrogen and oxygen atoms in total. The molecular weight excluding hydrogens is 276 g/mol. The molecule has 0 saturated heterocycles. The van der Waals surface area contributed by atoms with Crippen molar-refractivity contribution < 1.29 is 0 Å². The average molecular weight is 287 g/mol. The van der Waals surface area contributed by atoms with Crippen LogP contribution in [0.2, 0.25) is 4.47 Å². The van der Waals surface area contributed by atoms with Gasteiger partial charge in [0.1, 0.15) is 5.01 Å². The fourth-order valence-corrected chi connectivity index (χ4v) is 3.01. The van der Waals surface area contributed by atoms with E-state index in [1.165, 1.54) is 11.3 Å². The molecule has 0 radical (unpaired) electrons. The highest BCUT2D eigenvalue weighted by Crippen LogP contribution is 2.24. The largest absolute Gasteiger partial charge is 0.228 e. The third-order valence-electron chi connectivity index (χ3n) is 2.38. The highest BCUT2D eigenvalue weighted by Gasteiger charge is 2.07. The molecule has 7 heteroatoms. The normalized spacial score (nSPS) is 10.8. The Kier molecular flexibility index (Phi) is 3.96. The zero-order chi connectivity index (χ0) is 12.4. The molecule has 2 aromatic rings. The van der Waals surface area contributed by atoms with E-state index in [0.717, 1.165) is 27.1 Å². The van der Waals surface area contributed by atoms with Crippen LogP contribution in [0.3, 0.4) is 0 Å². The second-order valence-electron chi connectivity index (χ2n) is 3.54. The summed E-state index contributed by atoms with van der Waals surface area (Å²) in [5.41, 5.74) is 3.19. The molecule has 2 heterocycles. The second kappa shape index (κ2) is 5.29. The Labute approximate surface area is 113 Å². The first-order chi connectivity index (χ1) is 8.06. The van der Waals surface area contributed by atoms with Gasteiger partial charge in [0.05, 0.1) is 5.75 Å². The molecule has 0 aliphatic heterocycles. The third kappa shape index (κ3) is 3.14. The van der Waals surface area contributed by atoms with Gasteiger partial charge < -0.3 is 0 Å². The molecule has 0 aliphatic carbocycles. The number of aryl methyl sites for hydroxylation is 2. The van der Waals surface area contributed by atoms with E-state index in [1.54, 1.807) is 11.8 Å². The Morgan fingerprint density at radius 1 is 1.12 bits per heavy atom. The Morgan fingerprint density at radius 3 is 2.29 bits per heavy atom. The molecule has 17 heavy (non-hydrogen) atoms. The second-order valence-corrected chi connectivity index (χ2v) is 6.13. The summed E-state index contributed by atoms with van der Waals surface area (Å²) in [5.74, 6) is 0.701. The van der Waals surface area contributed by atoms with Crippen molar-refractivity contribution in [1.29, 1.82) is 0 Å². The molecule has 0 spiro atoms. The summed E-state index contributed by atoms with van der Waals surface area (Å²) in [6.45, 7) is 6.02. The molecule has 0 aliphatic rings. The number of aromatic nitrogens is 4. The molecule has 90 valence electrons. The first-order valence-corrected chi connectivity index (χ1v) is 7.17. The van der Waals surface area contributed by atoms with Gasteiger partial charge in [-0.15, -0.1) is 10.2 Å². The highest BCUT2D eigenvalue weighted by atomic mass is 35.5. The Hall–Kier alpha value is -0.720. The fraction of sp³-hybridized carbons (Fsp3) is 0.400. The van der Waals surface area contributed by atoms with E-state index in [2.05, 4.69) is 20.2 Å². The average Bonchev–Trinajstić information content (AvgIpc) is 2.69. The van der Waals surface area contributed by atoms with E-state index < -0.39 is 0 Å². The van der Waals surface area contributed by atoms with Crippen molar-refractivity contribution in [3.63, 3.8) is 0 Å². The quantitative estimate of drug-likeness (QED) is 0.641. The van der Waals surface area contributed by atoms with Crippen molar-refractivity contribution in [2.45, 2.75) is 31.7 Å². The topological polar surface area (TPSA) is 51.6 Å². The predicted molar refractivity (Wildman–Crippen MR) is 70.7 cm³/mol. The number of nitrogens with zero attached hydrogens (tertiary/aromatic N) is 4. The molecule has 0 atom stereocenters. The lowest BCUT2D eigenvalue weighted by molar-refractivity contribution is 0.880. The summed E-state index contributed by atoms with van der Waals surface area (Å²) in [7, 11) is 0. The monoisotopic (exact) mass is 286 g/mol. The van der Waals surface area contributed by atoms with Gasteiger partial charge in [-0.3, -0.25) is 0 Å². The smallest absolute Gasteiger partial charge is 0.207 e. The van der Waals surface area contributed by atoms with E-state index in [9.17, 15) is 0 Å². The summed E-state index contributed by atoms with van der Waals surface area (Å²) >= 11 is 8.65. The van der Waals surface area contributed by atoms with Crippen molar-refractivity contribution >= 4 is 34.7 Å². The molecule has 0 aromatic carbocycles. The maximum atomic E-state index is 5.72. The van der Waals surface area contributed by atoms with Gasteiger partial charge in [-0.25, -0.2) is 9.97 Å². The molecular formula is C10H11ClN4S2. The van der Waals surface area contributed by atoms with Crippen LogP contribution in [-0.2, 0) is 5.75 Å². The van der Waals surface area contributed by atoms with Crippen LogP contribution in [0.25, 0.3) is 0 Å². The van der Waals surface area contributed by atoms with Crippen LogP contribution < -0.4 is 0 Å². The lowest BCUT2D eigenvalue weighted by atomic mass is 10.2. The van der Waals surface area contributed by atoms with Gasteiger partial charge in [-0.05, 0) is 37.9 Å².